The summed E-state index contributed by atoms with van der Waals surface area (Å²) >= 11 is 0. The molecular weight excluding hydrogens is 234 g/mol. The van der Waals surface area contributed by atoms with Crippen LogP contribution in [-0.4, -0.2) is 35.7 Å². The van der Waals surface area contributed by atoms with Gasteiger partial charge in [0.05, 0.1) is 6.10 Å². The van der Waals surface area contributed by atoms with Crippen LogP contribution in [0.2, 0.25) is 0 Å². The number of hydrogen-bond donors (Lipinski definition) is 1. The van der Waals surface area contributed by atoms with Crippen molar-refractivity contribution in [3.8, 4) is 0 Å². The average Bonchev–Trinajstić information content (AvgIpc) is 2.80. The second kappa shape index (κ2) is 5.04. The quantitative estimate of drug-likeness (QED) is 0.843. The molecule has 0 amide bonds. The van der Waals surface area contributed by atoms with Crippen LogP contribution in [-0.2, 0) is 0 Å². The Morgan fingerprint density at radius 1 is 1.05 bits per heavy atom. The monoisotopic (exact) mass is 265 g/mol. The van der Waals surface area contributed by atoms with Gasteiger partial charge in [-0.25, -0.2) is 0 Å². The van der Waals surface area contributed by atoms with E-state index in [1.807, 2.05) is 0 Å². The maximum Gasteiger partial charge on any atom is 0.0555 e. The fraction of sp³-hybridized carbons (Fsp3) is 1.00. The number of nitrogens with zero attached hydrogens (tertiary/aromatic N) is 1. The van der Waals surface area contributed by atoms with Crippen molar-refractivity contribution in [2.24, 2.45) is 10.8 Å². The van der Waals surface area contributed by atoms with Crippen molar-refractivity contribution in [3.63, 3.8) is 0 Å². The first kappa shape index (κ1) is 13.9. The first-order chi connectivity index (χ1) is 9.03. The van der Waals surface area contributed by atoms with Crippen molar-refractivity contribution in [2.45, 2.75) is 83.3 Å². The Hall–Kier alpha value is -0.0800. The molecule has 2 nitrogen and oxygen atoms in total. The van der Waals surface area contributed by atoms with Gasteiger partial charge in [0.25, 0.3) is 0 Å². The SMILES string of the molecule is CN(CC1(C)CCC1)C1CC(O)CCC12CCCC2. The molecule has 3 saturated carbocycles. The van der Waals surface area contributed by atoms with Crippen LogP contribution < -0.4 is 0 Å². The molecule has 0 aromatic rings. The summed E-state index contributed by atoms with van der Waals surface area (Å²) in [7, 11) is 2.33. The predicted molar refractivity (Wildman–Crippen MR) is 79.1 cm³/mol. The molecule has 0 saturated heterocycles. The van der Waals surface area contributed by atoms with E-state index in [2.05, 4.69) is 18.9 Å². The van der Waals surface area contributed by atoms with Gasteiger partial charge in [0, 0.05) is 12.6 Å². The predicted octanol–water partition coefficient (Wildman–Crippen LogP) is 3.58. The largest absolute Gasteiger partial charge is 0.393 e. The molecule has 0 bridgehead atoms. The smallest absolute Gasteiger partial charge is 0.0555 e. The van der Waals surface area contributed by atoms with Gasteiger partial charge in [-0.05, 0) is 62.8 Å². The van der Waals surface area contributed by atoms with Crippen molar-refractivity contribution in [1.82, 2.24) is 4.90 Å². The van der Waals surface area contributed by atoms with Gasteiger partial charge in [0.15, 0.2) is 0 Å². The van der Waals surface area contributed by atoms with Crippen LogP contribution in [0.1, 0.15) is 71.1 Å². The van der Waals surface area contributed by atoms with Crippen LogP contribution in [0.15, 0.2) is 0 Å². The Morgan fingerprint density at radius 2 is 1.74 bits per heavy atom. The zero-order valence-corrected chi connectivity index (χ0v) is 12.8. The Kier molecular flexibility index (Phi) is 3.68. The average molecular weight is 265 g/mol. The van der Waals surface area contributed by atoms with Gasteiger partial charge < -0.3 is 10.0 Å². The van der Waals surface area contributed by atoms with Crippen molar-refractivity contribution in [2.75, 3.05) is 13.6 Å². The highest BCUT2D eigenvalue weighted by atomic mass is 16.3. The number of aliphatic hydroxyl groups excluding tert-OH is 1. The van der Waals surface area contributed by atoms with Crippen LogP contribution in [0.3, 0.4) is 0 Å². The van der Waals surface area contributed by atoms with Crippen molar-refractivity contribution in [3.05, 3.63) is 0 Å². The minimum absolute atomic E-state index is 0.0483. The van der Waals surface area contributed by atoms with Gasteiger partial charge in [-0.1, -0.05) is 26.2 Å². The molecule has 1 N–H and O–H groups in total. The molecule has 110 valence electrons. The Balaban J connectivity index is 1.71. The molecule has 19 heavy (non-hydrogen) atoms. The van der Waals surface area contributed by atoms with Crippen LogP contribution >= 0.6 is 0 Å². The van der Waals surface area contributed by atoms with Gasteiger partial charge in [-0.15, -0.1) is 0 Å². The lowest BCUT2D eigenvalue weighted by atomic mass is 9.66. The van der Waals surface area contributed by atoms with E-state index in [0.717, 1.165) is 12.8 Å². The second-order valence-corrected chi connectivity index (χ2v) is 8.09. The maximum atomic E-state index is 10.1. The van der Waals surface area contributed by atoms with E-state index < -0.39 is 0 Å². The molecular formula is C17H31NO. The molecule has 0 aliphatic heterocycles. The molecule has 3 rings (SSSR count). The van der Waals surface area contributed by atoms with E-state index in [1.165, 1.54) is 57.9 Å². The topological polar surface area (TPSA) is 23.5 Å². The summed E-state index contributed by atoms with van der Waals surface area (Å²) in [4.78, 5) is 2.63. The Labute approximate surface area is 118 Å². The Bertz CT molecular complexity index is 317. The third-order valence-electron chi connectivity index (χ3n) is 6.50. The fourth-order valence-corrected chi connectivity index (χ4v) is 5.21. The van der Waals surface area contributed by atoms with Crippen molar-refractivity contribution >= 4 is 0 Å². The maximum absolute atomic E-state index is 10.1. The fourth-order valence-electron chi connectivity index (χ4n) is 5.21. The van der Waals surface area contributed by atoms with E-state index in [-0.39, 0.29) is 6.10 Å². The lowest BCUT2D eigenvalue weighted by molar-refractivity contribution is -0.0386. The molecule has 0 heterocycles. The lowest BCUT2D eigenvalue weighted by Crippen LogP contribution is -2.53. The van der Waals surface area contributed by atoms with Crippen LogP contribution in [0.5, 0.6) is 0 Å². The van der Waals surface area contributed by atoms with Crippen LogP contribution in [0.25, 0.3) is 0 Å². The van der Waals surface area contributed by atoms with Crippen molar-refractivity contribution in [1.29, 1.82) is 0 Å². The first-order valence-electron chi connectivity index (χ1n) is 8.41. The van der Waals surface area contributed by atoms with Gasteiger partial charge in [0.2, 0.25) is 0 Å². The zero-order valence-electron chi connectivity index (χ0n) is 12.8. The van der Waals surface area contributed by atoms with E-state index in [9.17, 15) is 5.11 Å². The van der Waals surface area contributed by atoms with Gasteiger partial charge in [-0.2, -0.15) is 0 Å². The minimum atomic E-state index is -0.0483. The number of aliphatic hydroxyl groups is 1. The summed E-state index contributed by atoms with van der Waals surface area (Å²) in [5.41, 5.74) is 1.12. The molecule has 3 fully saturated rings. The molecule has 3 aliphatic carbocycles. The van der Waals surface area contributed by atoms with Gasteiger partial charge >= 0.3 is 0 Å². The molecule has 3 aliphatic rings. The summed E-state index contributed by atoms with van der Waals surface area (Å²) in [6.07, 6.45) is 13.1. The molecule has 2 heteroatoms. The number of rotatable bonds is 3. The third-order valence-corrected chi connectivity index (χ3v) is 6.50. The summed E-state index contributed by atoms with van der Waals surface area (Å²) in [6.45, 7) is 3.69. The van der Waals surface area contributed by atoms with Gasteiger partial charge in [0.1, 0.15) is 0 Å². The van der Waals surface area contributed by atoms with Gasteiger partial charge in [-0.3, -0.25) is 0 Å². The van der Waals surface area contributed by atoms with E-state index >= 15 is 0 Å². The van der Waals surface area contributed by atoms with Crippen molar-refractivity contribution < 1.29 is 5.11 Å². The molecule has 2 atom stereocenters. The minimum Gasteiger partial charge on any atom is -0.393 e. The first-order valence-corrected chi connectivity index (χ1v) is 8.41. The summed E-state index contributed by atoms with van der Waals surface area (Å²) in [5.74, 6) is 0. The normalized spacial score (nSPS) is 36.6. The van der Waals surface area contributed by atoms with E-state index in [1.54, 1.807) is 0 Å². The summed E-state index contributed by atoms with van der Waals surface area (Å²) in [6, 6.07) is 0.635. The lowest BCUT2D eigenvalue weighted by Gasteiger charge is -2.51. The summed E-state index contributed by atoms with van der Waals surface area (Å²) < 4.78 is 0. The molecule has 0 aromatic carbocycles. The van der Waals surface area contributed by atoms with Crippen LogP contribution in [0.4, 0.5) is 0 Å². The summed E-state index contributed by atoms with van der Waals surface area (Å²) in [5, 5.41) is 10.1. The third kappa shape index (κ3) is 2.58. The molecule has 0 aromatic heterocycles. The highest BCUT2D eigenvalue weighted by Gasteiger charge is 2.47. The number of hydrogen-bond acceptors (Lipinski definition) is 2. The van der Waals surface area contributed by atoms with E-state index in [4.69, 9.17) is 0 Å². The van der Waals surface area contributed by atoms with Crippen LogP contribution in [0, 0.1) is 10.8 Å². The standard InChI is InChI=1S/C17H31NO/c1-16(7-5-8-16)13-18(2)15-12-14(19)6-11-17(15)9-3-4-10-17/h14-15,19H,3-13H2,1-2H3. The second-order valence-electron chi connectivity index (χ2n) is 8.09. The molecule has 1 spiro atoms. The van der Waals surface area contributed by atoms with E-state index in [0.29, 0.717) is 16.9 Å². The highest BCUT2D eigenvalue weighted by Crippen LogP contribution is 2.51. The molecule has 2 unspecified atom stereocenters. The molecule has 0 radical (unpaired) electrons. The Morgan fingerprint density at radius 3 is 2.32 bits per heavy atom. The highest BCUT2D eigenvalue weighted by molar-refractivity contribution is 5.01. The zero-order chi connectivity index (χ0) is 13.5.